The van der Waals surface area contributed by atoms with Crippen LogP contribution in [-0.4, -0.2) is 36.6 Å². The van der Waals surface area contributed by atoms with Crippen LogP contribution in [0.1, 0.15) is 114 Å². The number of carboxylic acids is 1. The number of nitrogens with zero attached hydrogens (tertiary/aromatic N) is 2. The van der Waals surface area contributed by atoms with Crippen molar-refractivity contribution in [3.05, 3.63) is 68.4 Å². The second kappa shape index (κ2) is 15.8. The van der Waals surface area contributed by atoms with E-state index in [1.54, 1.807) is 6.08 Å². The van der Waals surface area contributed by atoms with E-state index in [0.29, 0.717) is 17.7 Å². The number of thiophene rings is 2. The predicted octanol–water partition coefficient (Wildman–Crippen LogP) is 10.0. The molecule has 5 heterocycles. The molecule has 2 aliphatic heterocycles. The second-order valence-electron chi connectivity index (χ2n) is 15.5. The van der Waals surface area contributed by atoms with E-state index in [4.69, 9.17) is 9.52 Å². The van der Waals surface area contributed by atoms with Crippen molar-refractivity contribution in [1.29, 1.82) is 5.26 Å². The summed E-state index contributed by atoms with van der Waals surface area (Å²) in [4.78, 5) is 43.1. The fourth-order valence-corrected chi connectivity index (χ4v) is 9.60. The first-order valence-electron chi connectivity index (χ1n) is 18.6. The highest BCUT2D eigenvalue weighted by molar-refractivity contribution is 7.24. The number of nitriles is 1. The van der Waals surface area contributed by atoms with Crippen molar-refractivity contribution >= 4 is 57.3 Å². The van der Waals surface area contributed by atoms with Crippen molar-refractivity contribution in [2.24, 2.45) is 0 Å². The third-order valence-electron chi connectivity index (χ3n) is 10.7. The zero-order valence-electron chi connectivity index (χ0n) is 30.7. The van der Waals surface area contributed by atoms with Crippen molar-refractivity contribution in [3.63, 3.8) is 0 Å². The van der Waals surface area contributed by atoms with Gasteiger partial charge in [-0.3, -0.25) is 9.59 Å². The minimum atomic E-state index is -0.731. The van der Waals surface area contributed by atoms with Crippen LogP contribution in [0.4, 0.5) is 5.69 Å². The molecule has 1 amide bonds. The molecule has 0 saturated carbocycles. The lowest BCUT2D eigenvalue weighted by atomic mass is 9.69. The molecule has 6 rings (SSSR count). The summed E-state index contributed by atoms with van der Waals surface area (Å²) in [6.07, 6.45) is 11.8. The van der Waals surface area contributed by atoms with Gasteiger partial charge in [0.25, 0.3) is 5.91 Å². The Bertz CT molecular complexity index is 2090. The first-order chi connectivity index (χ1) is 24.9. The van der Waals surface area contributed by atoms with Crippen LogP contribution in [0.15, 0.2) is 51.2 Å². The van der Waals surface area contributed by atoms with E-state index < -0.39 is 5.97 Å². The minimum absolute atomic E-state index is 0.0277. The molecule has 0 aliphatic carbocycles. The Morgan fingerprint density at radius 1 is 0.904 bits per heavy atom. The highest BCUT2D eigenvalue weighted by atomic mass is 32.1. The van der Waals surface area contributed by atoms with Crippen LogP contribution in [0.5, 0.6) is 0 Å². The first-order valence-corrected chi connectivity index (χ1v) is 20.2. The number of carbonyl (C=O) groups excluding carboxylic acids is 1. The molecule has 10 heteroatoms. The lowest BCUT2D eigenvalue weighted by Gasteiger charge is -2.48. The monoisotopic (exact) mass is 739 g/mol. The van der Waals surface area contributed by atoms with Gasteiger partial charge in [0, 0.05) is 62.2 Å². The number of anilines is 1. The quantitative estimate of drug-likeness (QED) is 0.0538. The summed E-state index contributed by atoms with van der Waals surface area (Å²) in [7, 11) is 0. The lowest BCUT2D eigenvalue weighted by molar-refractivity contribution is -0.137. The normalized spacial score (nSPS) is 16.1. The number of carboxylic acid groups (broad SMARTS) is 1. The molecule has 2 aliphatic rings. The molecule has 0 fully saturated rings. The van der Waals surface area contributed by atoms with Crippen molar-refractivity contribution in [3.8, 4) is 26.3 Å². The maximum atomic E-state index is 13.6. The maximum absolute atomic E-state index is 13.6. The van der Waals surface area contributed by atoms with E-state index in [1.165, 1.54) is 33.9 Å². The van der Waals surface area contributed by atoms with Gasteiger partial charge in [-0.15, -0.1) is 22.7 Å². The van der Waals surface area contributed by atoms with Gasteiger partial charge in [-0.05, 0) is 84.6 Å². The van der Waals surface area contributed by atoms with Crippen LogP contribution in [0.25, 0.3) is 37.2 Å². The number of nitrogens with one attached hydrogen (secondary N) is 1. The van der Waals surface area contributed by atoms with Gasteiger partial charge < -0.3 is 19.7 Å². The molecule has 52 heavy (non-hydrogen) atoms. The highest BCUT2D eigenvalue weighted by Gasteiger charge is 2.42. The second-order valence-corrected chi connectivity index (χ2v) is 17.7. The van der Waals surface area contributed by atoms with Crippen LogP contribution >= 0.6 is 22.7 Å². The lowest BCUT2D eigenvalue weighted by Crippen LogP contribution is -2.44. The number of rotatable bonds is 15. The Kier molecular flexibility index (Phi) is 11.4. The van der Waals surface area contributed by atoms with Gasteiger partial charge in [0.05, 0.1) is 5.56 Å². The highest BCUT2D eigenvalue weighted by Crippen LogP contribution is 2.52. The topological polar surface area (TPSA) is 124 Å². The summed E-state index contributed by atoms with van der Waals surface area (Å²) in [5.74, 6) is -1.10. The van der Waals surface area contributed by atoms with Crippen molar-refractivity contribution in [2.45, 2.75) is 109 Å². The van der Waals surface area contributed by atoms with Crippen LogP contribution in [-0.2, 0) is 20.4 Å². The maximum Gasteiger partial charge on any atom is 0.345 e. The van der Waals surface area contributed by atoms with Crippen LogP contribution < -0.4 is 15.8 Å². The Balaban J connectivity index is 1.11. The zero-order chi connectivity index (χ0) is 37.0. The van der Waals surface area contributed by atoms with E-state index in [0.717, 1.165) is 108 Å². The van der Waals surface area contributed by atoms with Gasteiger partial charge in [-0.25, -0.2) is 4.79 Å². The molecule has 0 bridgehead atoms. The molecule has 274 valence electrons. The van der Waals surface area contributed by atoms with Crippen LogP contribution in [0, 0.1) is 11.3 Å². The molecule has 0 spiro atoms. The van der Waals surface area contributed by atoms with E-state index >= 15 is 0 Å². The third kappa shape index (κ3) is 8.21. The number of aliphatic carboxylic acids is 1. The SMILES string of the molecule is CC1(C)CCN2CCC(C)(C)c3c2c1cc1cc(-c2ccc(-c4ccc(/C=C(\C#N)C(=O)NCCCCCCCCCCC(=O)O)s4)s2)c(=O)oc31. The Morgan fingerprint density at radius 2 is 1.54 bits per heavy atom. The molecular weight excluding hydrogens is 691 g/mol. The summed E-state index contributed by atoms with van der Waals surface area (Å²) in [5.41, 5.74) is 4.70. The zero-order valence-corrected chi connectivity index (χ0v) is 32.4. The van der Waals surface area contributed by atoms with Crippen LogP contribution in [0.3, 0.4) is 0 Å². The number of hydrogen-bond donors (Lipinski definition) is 2. The van der Waals surface area contributed by atoms with Gasteiger partial charge in [-0.2, -0.15) is 5.26 Å². The number of amides is 1. The molecule has 0 atom stereocenters. The molecule has 0 saturated heterocycles. The van der Waals surface area contributed by atoms with Crippen molar-refractivity contribution < 1.29 is 19.1 Å². The number of hydrogen-bond acceptors (Lipinski definition) is 8. The van der Waals surface area contributed by atoms with Gasteiger partial charge >= 0.3 is 11.6 Å². The smallest absolute Gasteiger partial charge is 0.345 e. The molecule has 2 N–H and O–H groups in total. The fraction of sp³-hybridized carbons (Fsp3) is 0.476. The molecule has 0 radical (unpaired) electrons. The number of benzene rings is 1. The molecule has 4 aromatic rings. The third-order valence-corrected chi connectivity index (χ3v) is 13.1. The predicted molar refractivity (Wildman–Crippen MR) is 212 cm³/mol. The molecular formula is C42H49N3O5S2. The van der Waals surface area contributed by atoms with E-state index in [9.17, 15) is 19.6 Å². The molecule has 0 unspecified atom stereocenters. The Hall–Kier alpha value is -4.20. The van der Waals surface area contributed by atoms with Crippen LogP contribution in [0.2, 0.25) is 0 Å². The Morgan fingerprint density at radius 3 is 2.25 bits per heavy atom. The van der Waals surface area contributed by atoms with E-state index in [1.807, 2.05) is 30.3 Å². The van der Waals surface area contributed by atoms with Crippen molar-refractivity contribution in [1.82, 2.24) is 5.32 Å². The summed E-state index contributed by atoms with van der Waals surface area (Å²) in [6.45, 7) is 11.7. The van der Waals surface area contributed by atoms with E-state index in [2.05, 4.69) is 50.0 Å². The molecule has 1 aromatic carbocycles. The first kappa shape index (κ1) is 37.6. The summed E-state index contributed by atoms with van der Waals surface area (Å²) < 4.78 is 6.23. The average molecular weight is 740 g/mol. The van der Waals surface area contributed by atoms with Gasteiger partial charge in [0.15, 0.2) is 0 Å². The number of fused-ring (bicyclic) bond motifs is 2. The van der Waals surface area contributed by atoms with Gasteiger partial charge in [0.2, 0.25) is 0 Å². The van der Waals surface area contributed by atoms with Gasteiger partial charge in [-0.1, -0.05) is 66.2 Å². The van der Waals surface area contributed by atoms with Gasteiger partial charge in [0.1, 0.15) is 17.2 Å². The Labute approximate surface area is 314 Å². The van der Waals surface area contributed by atoms with Crippen molar-refractivity contribution in [2.75, 3.05) is 24.5 Å². The number of carbonyl (C=O) groups is 2. The standard InChI is InChI=1S/C42H49N3O5S2/c1-41(2)18-21-45-22-19-42(3,4)36-37(45)31(41)25-27-24-30(40(49)50-38(27)36)32-16-17-34(52-32)33-15-14-29(51-33)23-28(26-43)39(48)44-20-12-10-8-6-5-7-9-11-13-35(46)47/h14-17,23-25H,5-13,18-22H2,1-4H3,(H,44,48)(H,46,47)/b28-23+. The summed E-state index contributed by atoms with van der Waals surface area (Å²) >= 11 is 3.04. The summed E-state index contributed by atoms with van der Waals surface area (Å²) in [5, 5.41) is 22.3. The minimum Gasteiger partial charge on any atom is -0.481 e. The summed E-state index contributed by atoms with van der Waals surface area (Å²) in [6, 6.07) is 14.2. The van der Waals surface area contributed by atoms with E-state index in [-0.39, 0.29) is 34.4 Å². The largest absolute Gasteiger partial charge is 0.481 e. The molecule has 8 nitrogen and oxygen atoms in total. The average Bonchev–Trinajstić information content (AvgIpc) is 3.78. The molecule has 3 aromatic heterocycles. The number of unbranched alkanes of at least 4 members (excludes halogenated alkanes) is 7. The fourth-order valence-electron chi connectivity index (χ4n) is 7.55.